The Kier molecular flexibility index (Phi) is 8.17. The molecule has 0 fully saturated rings. The van der Waals surface area contributed by atoms with Gasteiger partial charge in [0.05, 0.1) is 6.42 Å². The number of halogens is 3. The number of carbonyl (C=O) groups excluding carboxylic acids is 2. The number of hydrogen-bond acceptors (Lipinski definition) is 2. The summed E-state index contributed by atoms with van der Waals surface area (Å²) >= 11 is 18.4. The van der Waals surface area contributed by atoms with E-state index in [1.165, 1.54) is 4.90 Å². The number of rotatable bonds is 7. The van der Waals surface area contributed by atoms with Crippen LogP contribution in [0.5, 0.6) is 0 Å². The number of amides is 2. The highest BCUT2D eigenvalue weighted by Gasteiger charge is 2.27. The predicted octanol–water partition coefficient (Wildman–Crippen LogP) is 5.13. The van der Waals surface area contributed by atoms with Gasteiger partial charge in [0, 0.05) is 27.7 Å². The summed E-state index contributed by atoms with van der Waals surface area (Å²) in [5, 5.41) is 4.31. The average molecular weight is 442 g/mol. The molecule has 7 heteroatoms. The number of nitrogens with zero attached hydrogens (tertiary/aromatic N) is 1. The molecule has 1 atom stereocenters. The zero-order valence-corrected chi connectivity index (χ0v) is 18.3. The fourth-order valence-electron chi connectivity index (χ4n) is 2.73. The van der Waals surface area contributed by atoms with Crippen LogP contribution in [0, 0.1) is 0 Å². The smallest absolute Gasteiger partial charge is 0.242 e. The first-order chi connectivity index (χ1) is 13.2. The van der Waals surface area contributed by atoms with Crippen molar-refractivity contribution < 1.29 is 9.59 Å². The van der Waals surface area contributed by atoms with Gasteiger partial charge in [-0.05, 0) is 56.2 Å². The van der Waals surface area contributed by atoms with Crippen LogP contribution in [0.2, 0.25) is 15.1 Å². The summed E-state index contributed by atoms with van der Waals surface area (Å²) in [6, 6.07) is 11.6. The maximum absolute atomic E-state index is 13.1. The van der Waals surface area contributed by atoms with Gasteiger partial charge in [0.2, 0.25) is 11.8 Å². The van der Waals surface area contributed by atoms with E-state index in [4.69, 9.17) is 34.8 Å². The van der Waals surface area contributed by atoms with Crippen molar-refractivity contribution >= 4 is 46.6 Å². The van der Waals surface area contributed by atoms with E-state index < -0.39 is 6.04 Å². The van der Waals surface area contributed by atoms with Crippen LogP contribution < -0.4 is 5.32 Å². The van der Waals surface area contributed by atoms with E-state index in [0.717, 1.165) is 5.56 Å². The fraction of sp³-hybridized carbons (Fsp3) is 0.333. The Morgan fingerprint density at radius 2 is 1.54 bits per heavy atom. The molecule has 2 amide bonds. The van der Waals surface area contributed by atoms with Crippen molar-refractivity contribution in [3.8, 4) is 0 Å². The van der Waals surface area contributed by atoms with Gasteiger partial charge in [0.25, 0.3) is 0 Å². The molecule has 1 unspecified atom stereocenters. The summed E-state index contributed by atoms with van der Waals surface area (Å²) in [7, 11) is 0. The molecule has 0 aliphatic carbocycles. The number of benzene rings is 2. The molecule has 0 saturated heterocycles. The number of hydrogen-bond donors (Lipinski definition) is 1. The van der Waals surface area contributed by atoms with Gasteiger partial charge < -0.3 is 10.2 Å². The first-order valence-electron chi connectivity index (χ1n) is 8.96. The maximum Gasteiger partial charge on any atom is 0.242 e. The largest absolute Gasteiger partial charge is 0.352 e. The molecule has 28 heavy (non-hydrogen) atoms. The summed E-state index contributed by atoms with van der Waals surface area (Å²) in [5.74, 6) is -0.459. The van der Waals surface area contributed by atoms with Crippen molar-refractivity contribution in [1.82, 2.24) is 10.2 Å². The van der Waals surface area contributed by atoms with Crippen molar-refractivity contribution in [3.05, 3.63) is 68.7 Å². The third-order valence-corrected chi connectivity index (χ3v) is 5.21. The molecule has 0 heterocycles. The molecule has 2 aromatic carbocycles. The van der Waals surface area contributed by atoms with Crippen molar-refractivity contribution in [3.63, 3.8) is 0 Å². The second kappa shape index (κ2) is 10.1. The van der Waals surface area contributed by atoms with E-state index >= 15 is 0 Å². The van der Waals surface area contributed by atoms with Gasteiger partial charge in [-0.25, -0.2) is 0 Å². The highest BCUT2D eigenvalue weighted by Crippen LogP contribution is 2.26. The minimum atomic E-state index is -0.660. The third kappa shape index (κ3) is 6.13. The van der Waals surface area contributed by atoms with E-state index in [9.17, 15) is 9.59 Å². The minimum Gasteiger partial charge on any atom is -0.352 e. The van der Waals surface area contributed by atoms with E-state index in [2.05, 4.69) is 5.32 Å². The summed E-state index contributed by atoms with van der Waals surface area (Å²) in [6.45, 7) is 5.73. The van der Waals surface area contributed by atoms with Gasteiger partial charge >= 0.3 is 0 Å². The lowest BCUT2D eigenvalue weighted by Gasteiger charge is -2.29. The van der Waals surface area contributed by atoms with Gasteiger partial charge in [-0.3, -0.25) is 9.59 Å². The molecule has 2 aromatic rings. The second-order valence-electron chi connectivity index (χ2n) is 6.86. The lowest BCUT2D eigenvalue weighted by atomic mass is 10.1. The van der Waals surface area contributed by atoms with Gasteiger partial charge in [-0.1, -0.05) is 53.0 Å². The molecular weight excluding hydrogens is 419 g/mol. The topological polar surface area (TPSA) is 49.4 Å². The minimum absolute atomic E-state index is 0.00535. The standard InChI is InChI=1S/C21H23Cl3N2O2/c1-13(2)25-21(28)14(3)26(12-15-7-9-16(22)10-8-15)20(27)11-17-18(23)5-4-6-19(17)24/h4-10,13-14H,11-12H2,1-3H3,(H,25,28). The molecule has 0 spiro atoms. The second-order valence-corrected chi connectivity index (χ2v) is 8.12. The van der Waals surface area contributed by atoms with Crippen molar-refractivity contribution in [2.24, 2.45) is 0 Å². The zero-order chi connectivity index (χ0) is 20.8. The van der Waals surface area contributed by atoms with Crippen LogP contribution in [0.3, 0.4) is 0 Å². The lowest BCUT2D eigenvalue weighted by molar-refractivity contribution is -0.140. The van der Waals surface area contributed by atoms with Crippen LogP contribution in [0.1, 0.15) is 31.9 Å². The van der Waals surface area contributed by atoms with Gasteiger partial charge in [-0.15, -0.1) is 0 Å². The lowest BCUT2D eigenvalue weighted by Crippen LogP contribution is -2.49. The van der Waals surface area contributed by atoms with Crippen LogP contribution in [-0.2, 0) is 22.6 Å². The van der Waals surface area contributed by atoms with Crippen molar-refractivity contribution in [1.29, 1.82) is 0 Å². The molecule has 0 saturated carbocycles. The van der Waals surface area contributed by atoms with Crippen LogP contribution >= 0.6 is 34.8 Å². The van der Waals surface area contributed by atoms with E-state index in [0.29, 0.717) is 20.6 Å². The molecule has 2 rings (SSSR count). The summed E-state index contributed by atoms with van der Waals surface area (Å²) < 4.78 is 0. The Morgan fingerprint density at radius 1 is 0.964 bits per heavy atom. The third-order valence-electron chi connectivity index (χ3n) is 4.25. The summed E-state index contributed by atoms with van der Waals surface area (Å²) in [4.78, 5) is 27.2. The number of carbonyl (C=O) groups is 2. The quantitative estimate of drug-likeness (QED) is 0.647. The van der Waals surface area contributed by atoms with Gasteiger partial charge in [0.15, 0.2) is 0 Å². The Labute approximate surface area is 180 Å². The van der Waals surface area contributed by atoms with E-state index in [-0.39, 0.29) is 30.8 Å². The molecule has 1 N–H and O–H groups in total. The fourth-order valence-corrected chi connectivity index (χ4v) is 3.39. The Bertz CT molecular complexity index is 818. The van der Waals surface area contributed by atoms with Crippen molar-refractivity contribution in [2.75, 3.05) is 0 Å². The van der Waals surface area contributed by atoms with Crippen LogP contribution in [0.25, 0.3) is 0 Å². The molecule has 0 aromatic heterocycles. The molecule has 0 bridgehead atoms. The first kappa shape index (κ1) is 22.5. The molecule has 0 aliphatic heterocycles. The molecule has 150 valence electrons. The molecule has 0 aliphatic rings. The zero-order valence-electron chi connectivity index (χ0n) is 16.0. The Morgan fingerprint density at radius 3 is 2.07 bits per heavy atom. The Hall–Kier alpha value is -1.75. The number of nitrogens with one attached hydrogen (secondary N) is 1. The summed E-state index contributed by atoms with van der Waals surface area (Å²) in [5.41, 5.74) is 1.42. The van der Waals surface area contributed by atoms with Crippen molar-refractivity contribution in [2.45, 2.75) is 45.8 Å². The normalized spacial score (nSPS) is 12.0. The average Bonchev–Trinajstić information content (AvgIpc) is 2.63. The highest BCUT2D eigenvalue weighted by atomic mass is 35.5. The maximum atomic E-state index is 13.1. The van der Waals surface area contributed by atoms with E-state index in [1.54, 1.807) is 37.3 Å². The molecular formula is C21H23Cl3N2O2. The summed E-state index contributed by atoms with van der Waals surface area (Å²) in [6.07, 6.45) is 0.00535. The van der Waals surface area contributed by atoms with Crippen LogP contribution in [0.4, 0.5) is 0 Å². The monoisotopic (exact) mass is 440 g/mol. The van der Waals surface area contributed by atoms with Gasteiger partial charge in [0.1, 0.15) is 6.04 Å². The first-order valence-corrected chi connectivity index (χ1v) is 10.1. The molecule has 4 nitrogen and oxygen atoms in total. The predicted molar refractivity (Wildman–Crippen MR) is 115 cm³/mol. The van der Waals surface area contributed by atoms with E-state index in [1.807, 2.05) is 26.0 Å². The highest BCUT2D eigenvalue weighted by molar-refractivity contribution is 6.36. The van der Waals surface area contributed by atoms with Crippen LogP contribution in [-0.4, -0.2) is 28.8 Å². The molecule has 0 radical (unpaired) electrons. The Balaban J connectivity index is 2.29. The SMILES string of the molecule is CC(C)NC(=O)C(C)N(Cc1ccc(Cl)cc1)C(=O)Cc1c(Cl)cccc1Cl. The van der Waals surface area contributed by atoms with Gasteiger partial charge in [-0.2, -0.15) is 0 Å². The van der Waals surface area contributed by atoms with Crippen LogP contribution in [0.15, 0.2) is 42.5 Å².